The van der Waals surface area contributed by atoms with E-state index in [-0.39, 0.29) is 31.0 Å². The van der Waals surface area contributed by atoms with Gasteiger partial charge in [-0.25, -0.2) is 17.2 Å². The fraction of sp³-hybridized carbons (Fsp3) is 0.381. The molecule has 1 aliphatic rings. The van der Waals surface area contributed by atoms with Gasteiger partial charge in [0, 0.05) is 29.9 Å². The van der Waals surface area contributed by atoms with Gasteiger partial charge < -0.3 is 10.5 Å². The summed E-state index contributed by atoms with van der Waals surface area (Å²) in [7, 11) is -4.10. The quantitative estimate of drug-likeness (QED) is 0.666. The zero-order chi connectivity index (χ0) is 22.8. The number of carbonyl (C=O) groups is 1. The minimum atomic E-state index is -4.10. The summed E-state index contributed by atoms with van der Waals surface area (Å²) in [4.78, 5) is 11.4. The Hall–Kier alpha value is -2.23. The van der Waals surface area contributed by atoms with E-state index in [1.807, 2.05) is 6.92 Å². The third-order valence-electron chi connectivity index (χ3n) is 5.38. The van der Waals surface area contributed by atoms with Crippen molar-refractivity contribution in [1.82, 2.24) is 4.31 Å². The largest absolute Gasteiger partial charge is 0.493 e. The van der Waals surface area contributed by atoms with Gasteiger partial charge in [-0.1, -0.05) is 11.6 Å². The van der Waals surface area contributed by atoms with Crippen LogP contribution in [0.3, 0.4) is 0 Å². The zero-order valence-corrected chi connectivity index (χ0v) is 18.5. The van der Waals surface area contributed by atoms with Gasteiger partial charge in [-0.15, -0.1) is 0 Å². The van der Waals surface area contributed by atoms with Crippen molar-refractivity contribution in [1.29, 1.82) is 0 Å². The first kappa shape index (κ1) is 23.4. The molecule has 0 aromatic heterocycles. The Kier molecular flexibility index (Phi) is 6.88. The Morgan fingerprint density at radius 1 is 1.23 bits per heavy atom. The number of benzene rings is 2. The second-order valence-electron chi connectivity index (χ2n) is 7.86. The minimum Gasteiger partial charge on any atom is -0.493 e. The van der Waals surface area contributed by atoms with E-state index in [1.165, 1.54) is 4.31 Å². The average molecular weight is 473 g/mol. The van der Waals surface area contributed by atoms with E-state index < -0.39 is 33.0 Å². The highest BCUT2D eigenvalue weighted by Crippen LogP contribution is 2.37. The van der Waals surface area contributed by atoms with Crippen LogP contribution in [0.25, 0.3) is 0 Å². The van der Waals surface area contributed by atoms with Gasteiger partial charge in [0.2, 0.25) is 15.9 Å². The molecule has 1 atom stereocenters. The summed E-state index contributed by atoms with van der Waals surface area (Å²) in [5, 5.41) is 0.584. The van der Waals surface area contributed by atoms with Crippen LogP contribution in [0.5, 0.6) is 5.75 Å². The Morgan fingerprint density at radius 2 is 1.97 bits per heavy atom. The summed E-state index contributed by atoms with van der Waals surface area (Å²) in [6, 6.07) is 7.57. The van der Waals surface area contributed by atoms with Gasteiger partial charge in [0.15, 0.2) is 11.6 Å². The normalized spacial score (nSPS) is 19.9. The lowest BCUT2D eigenvalue weighted by atomic mass is 9.78. The molecular weight excluding hydrogens is 450 g/mol. The van der Waals surface area contributed by atoms with Gasteiger partial charge in [0.25, 0.3) is 0 Å². The molecule has 0 unspecified atom stereocenters. The van der Waals surface area contributed by atoms with E-state index in [4.69, 9.17) is 22.1 Å². The molecule has 31 heavy (non-hydrogen) atoms. The van der Waals surface area contributed by atoms with Crippen molar-refractivity contribution >= 4 is 27.5 Å². The molecule has 2 aromatic carbocycles. The number of aryl methyl sites for hydroxylation is 1. The number of hydrogen-bond acceptors (Lipinski definition) is 4. The number of ether oxygens (including phenoxy) is 1. The van der Waals surface area contributed by atoms with E-state index in [1.54, 1.807) is 18.2 Å². The number of rotatable bonds is 7. The molecule has 10 heteroatoms. The highest BCUT2D eigenvalue weighted by atomic mass is 35.5. The lowest BCUT2D eigenvalue weighted by Gasteiger charge is -2.41. The Labute approximate surface area is 185 Å². The predicted octanol–water partition coefficient (Wildman–Crippen LogP) is 3.65. The topological polar surface area (TPSA) is 89.7 Å². The summed E-state index contributed by atoms with van der Waals surface area (Å²) < 4.78 is 60.0. The molecule has 1 saturated heterocycles. The second kappa shape index (κ2) is 9.10. The van der Waals surface area contributed by atoms with Crippen LogP contribution < -0.4 is 10.5 Å². The maximum atomic E-state index is 13.6. The zero-order valence-electron chi connectivity index (χ0n) is 16.9. The highest BCUT2D eigenvalue weighted by Gasteiger charge is 2.42. The van der Waals surface area contributed by atoms with Crippen LogP contribution in [-0.4, -0.2) is 38.3 Å². The number of sulfonamides is 1. The first-order chi connectivity index (χ1) is 14.5. The van der Waals surface area contributed by atoms with Crippen LogP contribution in [-0.2, 0) is 14.8 Å². The molecule has 0 saturated carbocycles. The molecule has 1 heterocycles. The first-order valence-electron chi connectivity index (χ1n) is 9.65. The van der Waals surface area contributed by atoms with Crippen molar-refractivity contribution in [2.24, 2.45) is 11.1 Å². The summed E-state index contributed by atoms with van der Waals surface area (Å²) in [6.45, 7) is 2.03. The lowest BCUT2D eigenvalue weighted by molar-refractivity contribution is -0.121. The number of hydrogen-bond donors (Lipinski definition) is 1. The smallest absolute Gasteiger partial charge is 0.243 e. The number of nitrogens with two attached hydrogens (primary N) is 1. The van der Waals surface area contributed by atoms with Crippen molar-refractivity contribution in [3.05, 3.63) is 58.6 Å². The van der Waals surface area contributed by atoms with Gasteiger partial charge in [-0.05, 0) is 61.7 Å². The maximum Gasteiger partial charge on any atom is 0.243 e. The fourth-order valence-electron chi connectivity index (χ4n) is 3.78. The number of piperidine rings is 1. The van der Waals surface area contributed by atoms with Crippen LogP contribution in [0.1, 0.15) is 24.8 Å². The summed E-state index contributed by atoms with van der Waals surface area (Å²) in [5.74, 6) is -2.43. The summed E-state index contributed by atoms with van der Waals surface area (Å²) in [5.41, 5.74) is 5.41. The molecule has 1 aliphatic heterocycles. The third kappa shape index (κ3) is 5.34. The van der Waals surface area contributed by atoms with Gasteiger partial charge in [-0.3, -0.25) is 4.79 Å². The molecule has 3 rings (SSSR count). The van der Waals surface area contributed by atoms with Crippen LogP contribution in [0.15, 0.2) is 41.3 Å². The highest BCUT2D eigenvalue weighted by molar-refractivity contribution is 7.89. The van der Waals surface area contributed by atoms with Gasteiger partial charge in [0.05, 0.1) is 11.5 Å². The molecule has 168 valence electrons. The minimum absolute atomic E-state index is 0.0379. The first-order valence-corrected chi connectivity index (χ1v) is 11.5. The number of amides is 1. The van der Waals surface area contributed by atoms with Crippen molar-refractivity contribution in [3.8, 4) is 5.75 Å². The fourth-order valence-corrected chi connectivity index (χ4v) is 5.50. The SMILES string of the molecule is Cc1cc(OC[C@@]2(CC(N)=O)CCCN(S(=O)(=O)c3ccc(F)c(F)c3)C2)ccc1Cl. The van der Waals surface area contributed by atoms with E-state index >= 15 is 0 Å². The van der Waals surface area contributed by atoms with Crippen LogP contribution >= 0.6 is 11.6 Å². The van der Waals surface area contributed by atoms with E-state index in [0.717, 1.165) is 17.7 Å². The molecule has 0 spiro atoms. The molecule has 2 aromatic rings. The molecule has 6 nitrogen and oxygen atoms in total. The number of nitrogens with zero attached hydrogens (tertiary/aromatic N) is 1. The number of primary amides is 1. The van der Waals surface area contributed by atoms with Crippen LogP contribution in [0.2, 0.25) is 5.02 Å². The van der Waals surface area contributed by atoms with Gasteiger partial charge >= 0.3 is 0 Å². The second-order valence-corrected chi connectivity index (χ2v) is 10.2. The molecule has 1 amide bonds. The molecule has 1 fully saturated rings. The average Bonchev–Trinajstić information content (AvgIpc) is 2.70. The molecule has 0 radical (unpaired) electrons. The third-order valence-corrected chi connectivity index (χ3v) is 7.64. The molecule has 0 bridgehead atoms. The van der Waals surface area contributed by atoms with Crippen molar-refractivity contribution in [3.63, 3.8) is 0 Å². The Bertz CT molecular complexity index is 1100. The maximum absolute atomic E-state index is 13.6. The predicted molar refractivity (Wildman–Crippen MR) is 112 cm³/mol. The molecule has 2 N–H and O–H groups in total. The number of halogens is 3. The summed E-state index contributed by atoms with van der Waals surface area (Å²) in [6.07, 6.45) is 0.898. The van der Waals surface area contributed by atoms with Gasteiger partial charge in [0.1, 0.15) is 5.75 Å². The van der Waals surface area contributed by atoms with Gasteiger partial charge in [-0.2, -0.15) is 4.31 Å². The lowest BCUT2D eigenvalue weighted by Crippen LogP contribution is -2.50. The summed E-state index contributed by atoms with van der Waals surface area (Å²) >= 11 is 6.03. The van der Waals surface area contributed by atoms with Crippen molar-refractivity contribution in [2.45, 2.75) is 31.1 Å². The number of carbonyl (C=O) groups excluding carboxylic acids is 1. The Balaban J connectivity index is 1.85. The van der Waals surface area contributed by atoms with Crippen molar-refractivity contribution < 1.29 is 26.7 Å². The Morgan fingerprint density at radius 3 is 2.61 bits per heavy atom. The molecule has 0 aliphatic carbocycles. The van der Waals surface area contributed by atoms with E-state index in [0.29, 0.717) is 29.7 Å². The molecular formula is C21H23ClF2N2O4S. The standard InChI is InChI=1S/C21H23ClF2N2O4S/c1-14-9-15(3-5-17(14)22)30-13-21(11-20(25)27)7-2-8-26(12-21)31(28,29)16-4-6-18(23)19(24)10-16/h3-6,9-10H,2,7-8,11-13H2,1H3,(H2,25,27)/t21-/m1/s1. The van der Waals surface area contributed by atoms with E-state index in [9.17, 15) is 22.0 Å². The van der Waals surface area contributed by atoms with Crippen LogP contribution in [0.4, 0.5) is 8.78 Å². The monoisotopic (exact) mass is 472 g/mol. The van der Waals surface area contributed by atoms with E-state index in [2.05, 4.69) is 0 Å². The van der Waals surface area contributed by atoms with Crippen LogP contribution in [0, 0.1) is 24.0 Å². The van der Waals surface area contributed by atoms with Crippen molar-refractivity contribution in [2.75, 3.05) is 19.7 Å².